The van der Waals surface area contributed by atoms with E-state index in [1.807, 2.05) is 24.3 Å². The predicted molar refractivity (Wildman–Crippen MR) is 78.9 cm³/mol. The molecular formula is C17H18O4. The van der Waals surface area contributed by atoms with Crippen molar-refractivity contribution in [2.75, 3.05) is 21.3 Å². The largest absolute Gasteiger partial charge is 0.493 e. The molecule has 1 aromatic rings. The first-order valence-corrected chi connectivity index (χ1v) is 6.85. The number of methoxy groups -OCH3 is 3. The summed E-state index contributed by atoms with van der Waals surface area (Å²) >= 11 is 0. The van der Waals surface area contributed by atoms with Crippen LogP contribution in [0.3, 0.4) is 0 Å². The zero-order valence-electron chi connectivity index (χ0n) is 12.4. The van der Waals surface area contributed by atoms with Crippen molar-refractivity contribution in [1.29, 1.82) is 0 Å². The van der Waals surface area contributed by atoms with Crippen LogP contribution in [-0.2, 0) is 14.9 Å². The summed E-state index contributed by atoms with van der Waals surface area (Å²) < 4.78 is 16.4. The van der Waals surface area contributed by atoms with Crippen molar-refractivity contribution in [3.8, 4) is 11.5 Å². The van der Waals surface area contributed by atoms with E-state index in [1.54, 1.807) is 33.5 Å². The average Bonchev–Trinajstić information content (AvgIpc) is 2.82. The van der Waals surface area contributed by atoms with Gasteiger partial charge in [0.25, 0.3) is 0 Å². The van der Waals surface area contributed by atoms with E-state index < -0.39 is 0 Å². The van der Waals surface area contributed by atoms with Crippen LogP contribution >= 0.6 is 0 Å². The second-order valence-electron chi connectivity index (χ2n) is 5.33. The number of carbonyl (C=O) groups excluding carboxylic acids is 1. The van der Waals surface area contributed by atoms with Gasteiger partial charge in [-0.05, 0) is 41.8 Å². The van der Waals surface area contributed by atoms with Crippen molar-refractivity contribution in [3.05, 3.63) is 47.6 Å². The Labute approximate surface area is 124 Å². The smallest absolute Gasteiger partial charge is 0.178 e. The van der Waals surface area contributed by atoms with Crippen LogP contribution < -0.4 is 9.47 Å². The maximum absolute atomic E-state index is 11.4. The molecule has 0 heterocycles. The average molecular weight is 286 g/mol. The van der Waals surface area contributed by atoms with Gasteiger partial charge in [-0.15, -0.1) is 0 Å². The zero-order chi connectivity index (χ0) is 15.0. The number of carbonyl (C=O) groups is 1. The summed E-state index contributed by atoms with van der Waals surface area (Å²) in [6, 6.07) is 3.95. The lowest BCUT2D eigenvalue weighted by Gasteiger charge is -2.25. The molecule has 1 aromatic carbocycles. The van der Waals surface area contributed by atoms with E-state index in [2.05, 4.69) is 0 Å². The number of hydrogen-bond donors (Lipinski definition) is 0. The fraction of sp³-hybridized carbons (Fsp3) is 0.353. The van der Waals surface area contributed by atoms with Crippen LogP contribution in [0.15, 0.2) is 36.4 Å². The minimum Gasteiger partial charge on any atom is -0.493 e. The Morgan fingerprint density at radius 1 is 1.05 bits per heavy atom. The van der Waals surface area contributed by atoms with Gasteiger partial charge in [0.15, 0.2) is 17.3 Å². The summed E-state index contributed by atoms with van der Waals surface area (Å²) in [5.41, 5.74) is 1.88. The quantitative estimate of drug-likeness (QED) is 0.857. The Morgan fingerprint density at radius 2 is 1.67 bits per heavy atom. The third-order valence-corrected chi connectivity index (χ3v) is 4.30. The zero-order valence-corrected chi connectivity index (χ0v) is 12.4. The first-order valence-electron chi connectivity index (χ1n) is 6.85. The summed E-state index contributed by atoms with van der Waals surface area (Å²) in [4.78, 5) is 11.4. The molecule has 0 N–H and O–H groups in total. The highest BCUT2D eigenvalue weighted by molar-refractivity contribution is 6.01. The fourth-order valence-corrected chi connectivity index (χ4v) is 3.19. The van der Waals surface area contributed by atoms with Crippen molar-refractivity contribution in [2.45, 2.75) is 17.9 Å². The second-order valence-corrected chi connectivity index (χ2v) is 5.33. The van der Waals surface area contributed by atoms with E-state index in [-0.39, 0.29) is 17.3 Å². The third kappa shape index (κ3) is 2.07. The topological polar surface area (TPSA) is 44.8 Å². The van der Waals surface area contributed by atoms with Gasteiger partial charge in [-0.3, -0.25) is 4.79 Å². The number of ether oxygens (including phenoxy) is 3. The number of ketones is 1. The van der Waals surface area contributed by atoms with E-state index in [1.165, 1.54) is 0 Å². The summed E-state index contributed by atoms with van der Waals surface area (Å²) in [7, 11) is 4.94. The second kappa shape index (κ2) is 5.04. The highest BCUT2D eigenvalue weighted by Gasteiger charge is 2.42. The molecule has 1 unspecified atom stereocenters. The molecule has 0 amide bonds. The number of benzene rings is 1. The molecular weight excluding hydrogens is 268 g/mol. The minimum absolute atomic E-state index is 0.0171. The van der Waals surface area contributed by atoms with Crippen LogP contribution in [0, 0.1) is 0 Å². The Balaban J connectivity index is 2.18. The standard InChI is InChI=1S/C17H18O4/c1-19-14-8-12-13(9-15(14)20-2)17(10-16(12)21-3)6-4-11(18)5-7-17/h4-9,16H,10H2,1-3H3. The molecule has 0 bridgehead atoms. The maximum atomic E-state index is 11.4. The van der Waals surface area contributed by atoms with Crippen LogP contribution in [0.25, 0.3) is 0 Å². The van der Waals surface area contributed by atoms with Gasteiger partial charge in [-0.2, -0.15) is 0 Å². The van der Waals surface area contributed by atoms with Crippen LogP contribution in [0.5, 0.6) is 11.5 Å². The highest BCUT2D eigenvalue weighted by Crippen LogP contribution is 2.52. The third-order valence-electron chi connectivity index (χ3n) is 4.30. The summed E-state index contributed by atoms with van der Waals surface area (Å²) in [6.07, 6.45) is 7.91. The minimum atomic E-state index is -0.302. The molecule has 0 aliphatic heterocycles. The molecule has 1 spiro atoms. The van der Waals surface area contributed by atoms with Gasteiger partial charge in [-0.25, -0.2) is 0 Å². The van der Waals surface area contributed by atoms with Crippen molar-refractivity contribution >= 4 is 5.78 Å². The van der Waals surface area contributed by atoms with Gasteiger partial charge >= 0.3 is 0 Å². The van der Waals surface area contributed by atoms with E-state index in [9.17, 15) is 4.79 Å². The van der Waals surface area contributed by atoms with Crippen LogP contribution in [-0.4, -0.2) is 27.1 Å². The highest BCUT2D eigenvalue weighted by atomic mass is 16.5. The number of fused-ring (bicyclic) bond motifs is 2. The lowest BCUT2D eigenvalue weighted by Crippen LogP contribution is -2.20. The van der Waals surface area contributed by atoms with Crippen molar-refractivity contribution < 1.29 is 19.0 Å². The molecule has 0 saturated carbocycles. The van der Waals surface area contributed by atoms with Crippen LogP contribution in [0.1, 0.15) is 23.7 Å². The Morgan fingerprint density at radius 3 is 2.24 bits per heavy atom. The lowest BCUT2D eigenvalue weighted by molar-refractivity contribution is -0.110. The van der Waals surface area contributed by atoms with Gasteiger partial charge in [0.2, 0.25) is 0 Å². The monoisotopic (exact) mass is 286 g/mol. The molecule has 4 heteroatoms. The maximum Gasteiger partial charge on any atom is 0.178 e. The van der Waals surface area contributed by atoms with Crippen molar-refractivity contribution in [2.24, 2.45) is 0 Å². The molecule has 4 nitrogen and oxygen atoms in total. The predicted octanol–water partition coefficient (Wildman–Crippen LogP) is 2.73. The van der Waals surface area contributed by atoms with E-state index in [0.29, 0.717) is 11.5 Å². The SMILES string of the molecule is COc1cc2c(cc1OC)C1(C=CC(=O)C=C1)CC2OC. The number of hydrogen-bond acceptors (Lipinski definition) is 4. The molecule has 110 valence electrons. The van der Waals surface area contributed by atoms with Crippen molar-refractivity contribution in [1.82, 2.24) is 0 Å². The van der Waals surface area contributed by atoms with Crippen LogP contribution in [0.4, 0.5) is 0 Å². The summed E-state index contributed by atoms with van der Waals surface area (Å²) in [5.74, 6) is 1.39. The molecule has 3 rings (SSSR count). The molecule has 0 radical (unpaired) electrons. The first kappa shape index (κ1) is 13.9. The van der Waals surface area contributed by atoms with Gasteiger partial charge in [0.1, 0.15) is 0 Å². The molecule has 21 heavy (non-hydrogen) atoms. The molecule has 1 atom stereocenters. The van der Waals surface area contributed by atoms with Gasteiger partial charge in [0.05, 0.1) is 20.3 Å². The van der Waals surface area contributed by atoms with Gasteiger partial charge < -0.3 is 14.2 Å². The molecule has 0 aromatic heterocycles. The molecule has 2 aliphatic carbocycles. The Bertz CT molecular complexity index is 626. The van der Waals surface area contributed by atoms with E-state index >= 15 is 0 Å². The summed E-state index contributed by atoms with van der Waals surface area (Å²) in [6.45, 7) is 0. The molecule has 0 saturated heterocycles. The first-order chi connectivity index (χ1) is 10.1. The Hall–Kier alpha value is -2.07. The van der Waals surface area contributed by atoms with Gasteiger partial charge in [0, 0.05) is 12.5 Å². The lowest BCUT2D eigenvalue weighted by atomic mass is 9.78. The molecule has 0 fully saturated rings. The molecule has 2 aliphatic rings. The number of allylic oxidation sites excluding steroid dienone is 4. The van der Waals surface area contributed by atoms with E-state index in [4.69, 9.17) is 14.2 Å². The Kier molecular flexibility index (Phi) is 3.33. The fourth-order valence-electron chi connectivity index (χ4n) is 3.19. The van der Waals surface area contributed by atoms with E-state index in [0.717, 1.165) is 17.5 Å². The number of rotatable bonds is 3. The summed E-state index contributed by atoms with van der Waals surface area (Å²) in [5, 5.41) is 0. The van der Waals surface area contributed by atoms with Crippen LogP contribution in [0.2, 0.25) is 0 Å². The van der Waals surface area contributed by atoms with Crippen molar-refractivity contribution in [3.63, 3.8) is 0 Å². The normalized spacial score (nSPS) is 21.7. The van der Waals surface area contributed by atoms with Gasteiger partial charge in [-0.1, -0.05) is 12.2 Å².